The van der Waals surface area contributed by atoms with E-state index >= 15 is 0 Å². The van der Waals surface area contributed by atoms with Gasteiger partial charge in [-0.3, -0.25) is 4.98 Å². The van der Waals surface area contributed by atoms with Gasteiger partial charge in [0.15, 0.2) is 5.69 Å². The fourth-order valence-electron chi connectivity index (χ4n) is 8.39. The zero-order valence-corrected chi connectivity index (χ0v) is 28.5. The first-order valence-corrected chi connectivity index (χ1v) is 17.7. The van der Waals surface area contributed by atoms with Crippen LogP contribution in [0.3, 0.4) is 0 Å². The number of pyridine rings is 1. The van der Waals surface area contributed by atoms with Crippen molar-refractivity contribution in [3.63, 3.8) is 0 Å². The lowest BCUT2D eigenvalue weighted by Crippen LogP contribution is -1.96. The molecule has 0 aliphatic rings. The summed E-state index contributed by atoms with van der Waals surface area (Å²) >= 11 is 0. The molecule has 53 heavy (non-hydrogen) atoms. The fourth-order valence-corrected chi connectivity index (χ4v) is 8.39. The number of hydrogen-bond acceptors (Lipinski definition) is 1. The van der Waals surface area contributed by atoms with Crippen molar-refractivity contribution in [3.05, 3.63) is 187 Å². The van der Waals surface area contributed by atoms with Crippen LogP contribution in [0, 0.1) is 6.57 Å². The minimum absolute atomic E-state index is 0.583. The number of aromatic nitrogens is 4. The molecule has 11 aromatic rings. The molecule has 0 aliphatic heterocycles. The molecule has 0 saturated heterocycles. The number of benzene rings is 7. The molecule has 0 radical (unpaired) electrons. The van der Waals surface area contributed by atoms with E-state index in [1.165, 1.54) is 54.4 Å². The molecule has 4 aromatic heterocycles. The third-order valence-electron chi connectivity index (χ3n) is 10.7. The molecule has 7 aromatic carbocycles. The summed E-state index contributed by atoms with van der Waals surface area (Å²) in [7, 11) is 0. The summed E-state index contributed by atoms with van der Waals surface area (Å²) in [4.78, 5) is 8.15. The second-order valence-corrected chi connectivity index (χ2v) is 13.5. The van der Waals surface area contributed by atoms with Crippen LogP contribution in [0.25, 0.3) is 98.6 Å². The lowest BCUT2D eigenvalue weighted by Gasteiger charge is -2.11. The van der Waals surface area contributed by atoms with Gasteiger partial charge in [-0.1, -0.05) is 84.9 Å². The van der Waals surface area contributed by atoms with E-state index in [1.54, 1.807) is 12.3 Å². The Morgan fingerprint density at radius 1 is 0.377 bits per heavy atom. The van der Waals surface area contributed by atoms with Gasteiger partial charge in [-0.25, -0.2) is 4.85 Å². The van der Waals surface area contributed by atoms with Gasteiger partial charge in [0.1, 0.15) is 0 Å². The lowest BCUT2D eigenvalue weighted by atomic mass is 10.1. The van der Waals surface area contributed by atoms with Crippen molar-refractivity contribution in [3.8, 4) is 28.3 Å². The Morgan fingerprint density at radius 3 is 1.23 bits per heavy atom. The lowest BCUT2D eigenvalue weighted by molar-refractivity contribution is 1.16. The SMILES string of the molecule is [C-]#[N+]c1ccnc(-c2ccc(-n3c4ccc(-n5c6ccccc6c6ccccc65)cc4c4cc(-n5c6ccccc6c6ccccc65)ccc43)cc2)c1. The molecule has 0 unspecified atom stereocenters. The summed E-state index contributed by atoms with van der Waals surface area (Å²) in [5.74, 6) is 0. The van der Waals surface area contributed by atoms with Crippen LogP contribution in [0.15, 0.2) is 176 Å². The highest BCUT2D eigenvalue weighted by molar-refractivity contribution is 6.14. The molecule has 0 spiro atoms. The van der Waals surface area contributed by atoms with Gasteiger partial charge in [0.05, 0.1) is 45.4 Å². The average Bonchev–Trinajstić information content (AvgIpc) is 3.86. The summed E-state index contributed by atoms with van der Waals surface area (Å²) in [6.07, 6.45) is 1.70. The molecule has 4 heterocycles. The highest BCUT2D eigenvalue weighted by Crippen LogP contribution is 2.39. The van der Waals surface area contributed by atoms with E-state index in [1.807, 2.05) is 6.07 Å². The van der Waals surface area contributed by atoms with E-state index in [0.717, 1.165) is 39.4 Å². The van der Waals surface area contributed by atoms with Gasteiger partial charge in [-0.2, -0.15) is 0 Å². The second-order valence-electron chi connectivity index (χ2n) is 13.5. The first-order chi connectivity index (χ1) is 26.2. The van der Waals surface area contributed by atoms with Gasteiger partial charge in [0.25, 0.3) is 0 Å². The smallest absolute Gasteiger partial charge is 0.190 e. The van der Waals surface area contributed by atoms with Crippen LogP contribution in [0.4, 0.5) is 5.69 Å². The van der Waals surface area contributed by atoms with Crippen molar-refractivity contribution < 1.29 is 0 Å². The minimum Gasteiger partial charge on any atom is -0.309 e. The van der Waals surface area contributed by atoms with Crippen LogP contribution in [-0.4, -0.2) is 18.7 Å². The van der Waals surface area contributed by atoms with Gasteiger partial charge >= 0.3 is 0 Å². The molecule has 246 valence electrons. The average molecular weight is 676 g/mol. The van der Waals surface area contributed by atoms with Crippen molar-refractivity contribution in [1.29, 1.82) is 0 Å². The molecule has 0 aliphatic carbocycles. The van der Waals surface area contributed by atoms with Crippen molar-refractivity contribution >= 4 is 71.1 Å². The van der Waals surface area contributed by atoms with Crippen molar-refractivity contribution in [2.45, 2.75) is 0 Å². The Kier molecular flexibility index (Phi) is 6.25. The Balaban J connectivity index is 1.18. The predicted octanol–water partition coefficient (Wildman–Crippen LogP) is 12.6. The third-order valence-corrected chi connectivity index (χ3v) is 10.7. The van der Waals surface area contributed by atoms with E-state index in [-0.39, 0.29) is 0 Å². The Bertz CT molecular complexity index is 3020. The topological polar surface area (TPSA) is 32.0 Å². The van der Waals surface area contributed by atoms with Gasteiger partial charge in [-0.15, -0.1) is 0 Å². The minimum atomic E-state index is 0.583. The van der Waals surface area contributed by atoms with Crippen LogP contribution >= 0.6 is 0 Å². The zero-order valence-electron chi connectivity index (χ0n) is 28.5. The quantitative estimate of drug-likeness (QED) is 0.171. The van der Waals surface area contributed by atoms with Gasteiger partial charge in [-0.05, 0) is 90.5 Å². The first kappa shape index (κ1) is 29.3. The van der Waals surface area contributed by atoms with Gasteiger partial charge in [0.2, 0.25) is 0 Å². The van der Waals surface area contributed by atoms with Crippen molar-refractivity contribution in [2.24, 2.45) is 0 Å². The molecule has 0 fully saturated rings. The Morgan fingerprint density at radius 2 is 0.774 bits per heavy atom. The Hall–Kier alpha value is -7.42. The van der Waals surface area contributed by atoms with Crippen LogP contribution in [0.2, 0.25) is 0 Å². The van der Waals surface area contributed by atoms with E-state index in [4.69, 9.17) is 6.57 Å². The zero-order chi connectivity index (χ0) is 35.0. The largest absolute Gasteiger partial charge is 0.309 e. The monoisotopic (exact) mass is 675 g/mol. The second kappa shape index (κ2) is 11.3. The van der Waals surface area contributed by atoms with Gasteiger partial charge < -0.3 is 13.7 Å². The standard InChI is InChI=1S/C48H29N5/c1-49-32-26-27-50-42(28-32)31-18-20-33(21-19-31)51-47-24-22-34(52-43-14-6-2-10-36(43)37-11-3-7-15-44(37)52)29-40(47)41-30-35(23-25-48(41)51)53-45-16-8-4-12-38(45)39-13-5-9-17-46(39)53/h2-30H. The predicted molar refractivity (Wildman–Crippen MR) is 219 cm³/mol. The van der Waals surface area contributed by atoms with Gasteiger partial charge in [0, 0.05) is 55.6 Å². The normalized spacial score (nSPS) is 11.8. The molecule has 5 nitrogen and oxygen atoms in total. The highest BCUT2D eigenvalue weighted by atomic mass is 15.0. The summed E-state index contributed by atoms with van der Waals surface area (Å²) in [5.41, 5.74) is 12.7. The molecule has 11 rings (SSSR count). The van der Waals surface area contributed by atoms with Crippen LogP contribution in [0.1, 0.15) is 0 Å². The number of hydrogen-bond donors (Lipinski definition) is 0. The number of rotatable bonds is 4. The molecule has 0 saturated carbocycles. The summed E-state index contributed by atoms with van der Waals surface area (Å²) in [6, 6.07) is 60.5. The maximum absolute atomic E-state index is 7.46. The molecule has 0 atom stereocenters. The van der Waals surface area contributed by atoms with E-state index in [0.29, 0.717) is 5.69 Å². The third kappa shape index (κ3) is 4.33. The van der Waals surface area contributed by atoms with Crippen molar-refractivity contribution in [2.75, 3.05) is 0 Å². The van der Waals surface area contributed by atoms with Crippen LogP contribution in [0.5, 0.6) is 0 Å². The van der Waals surface area contributed by atoms with E-state index in [9.17, 15) is 0 Å². The van der Waals surface area contributed by atoms with Crippen LogP contribution in [-0.2, 0) is 0 Å². The highest BCUT2D eigenvalue weighted by Gasteiger charge is 2.19. The van der Waals surface area contributed by atoms with Crippen molar-refractivity contribution in [1.82, 2.24) is 18.7 Å². The first-order valence-electron chi connectivity index (χ1n) is 17.7. The number of para-hydroxylation sites is 4. The number of nitrogens with zero attached hydrogens (tertiary/aromatic N) is 5. The molecule has 5 heteroatoms. The molecular weight excluding hydrogens is 647 g/mol. The summed E-state index contributed by atoms with van der Waals surface area (Å²) in [5, 5.41) is 7.34. The summed E-state index contributed by atoms with van der Waals surface area (Å²) < 4.78 is 7.15. The van der Waals surface area contributed by atoms with Crippen LogP contribution < -0.4 is 0 Å². The molecular formula is C48H29N5. The molecule has 0 bridgehead atoms. The van der Waals surface area contributed by atoms with E-state index < -0.39 is 0 Å². The molecule has 0 N–H and O–H groups in total. The fraction of sp³-hybridized carbons (Fsp3) is 0. The van der Waals surface area contributed by atoms with E-state index in [2.05, 4.69) is 181 Å². The maximum Gasteiger partial charge on any atom is 0.190 e. The molecule has 0 amide bonds. The Labute approximate surface area is 304 Å². The number of fused-ring (bicyclic) bond motifs is 9. The summed E-state index contributed by atoms with van der Waals surface area (Å²) in [6.45, 7) is 7.46. The maximum atomic E-state index is 7.46.